The number of aromatic nitrogens is 2. The number of nitrogens with zero attached hydrogens (tertiary/aromatic N) is 2. The number of unbranched alkanes of at least 4 members (excludes halogenated alkanes) is 2. The second-order valence-corrected chi connectivity index (χ2v) is 16.1. The van der Waals surface area contributed by atoms with Gasteiger partial charge in [-0.25, -0.2) is 0 Å². The van der Waals surface area contributed by atoms with Crippen LogP contribution in [0, 0.1) is 0 Å². The molecule has 6 aromatic rings. The largest absolute Gasteiger partial charge is 0.313 e. The van der Waals surface area contributed by atoms with E-state index in [2.05, 4.69) is 140 Å². The molecule has 0 fully saturated rings. The van der Waals surface area contributed by atoms with Gasteiger partial charge in [0.2, 0.25) is 0 Å². The first-order valence-corrected chi connectivity index (χ1v) is 20.0. The van der Waals surface area contributed by atoms with Gasteiger partial charge in [0, 0.05) is 42.5 Å². The number of halogens is 2. The van der Waals surface area contributed by atoms with Crippen LogP contribution in [-0.4, -0.2) is 9.13 Å². The van der Waals surface area contributed by atoms with Gasteiger partial charge in [0.25, 0.3) is 0 Å². The summed E-state index contributed by atoms with van der Waals surface area (Å²) >= 11 is 7.54. The highest BCUT2D eigenvalue weighted by molar-refractivity contribution is 9.10. The van der Waals surface area contributed by atoms with Gasteiger partial charge in [0.15, 0.2) is 0 Å². The van der Waals surface area contributed by atoms with Crippen molar-refractivity contribution >= 4 is 53.7 Å². The first-order valence-electron chi connectivity index (χ1n) is 18.4. The third kappa shape index (κ3) is 5.71. The van der Waals surface area contributed by atoms with Crippen LogP contribution in [0.5, 0.6) is 0 Å². The summed E-state index contributed by atoms with van der Waals surface area (Å²) < 4.78 is 7.53. The van der Waals surface area contributed by atoms with E-state index in [4.69, 9.17) is 0 Å². The van der Waals surface area contributed by atoms with Crippen LogP contribution in [-0.2, 0) is 12.8 Å². The van der Waals surface area contributed by atoms with E-state index in [0.717, 1.165) is 0 Å². The van der Waals surface area contributed by atoms with Crippen molar-refractivity contribution in [3.8, 4) is 22.5 Å². The van der Waals surface area contributed by atoms with Crippen LogP contribution < -0.4 is 0 Å². The summed E-state index contributed by atoms with van der Waals surface area (Å²) in [6, 6.07) is 32.5. The number of benzene rings is 4. The fraction of sp³-hybridized carbons (Fsp3) is 0.364. The molecule has 0 saturated carbocycles. The van der Waals surface area contributed by atoms with Gasteiger partial charge in [-0.3, -0.25) is 0 Å². The molecular weight excluding hydrogens is 716 g/mol. The Bertz CT molecular complexity index is 1930. The molecule has 0 bridgehead atoms. The molecule has 2 heterocycles. The lowest BCUT2D eigenvalue weighted by atomic mass is 9.83. The molecule has 246 valence electrons. The molecule has 0 aliphatic heterocycles. The minimum atomic E-state index is 0.630. The SMILES string of the molecule is CCCCC1CCCc2c1n(-c1ccc(-c3ccc(-n4c5c(c6cc(Br)ccc64)CCCC5CCCC)cc3)cc1)c1ccc(Br)cc21. The van der Waals surface area contributed by atoms with Crippen molar-refractivity contribution in [1.29, 1.82) is 0 Å². The van der Waals surface area contributed by atoms with Crippen molar-refractivity contribution in [3.05, 3.63) is 116 Å². The van der Waals surface area contributed by atoms with E-state index in [9.17, 15) is 0 Å². The topological polar surface area (TPSA) is 9.86 Å². The smallest absolute Gasteiger partial charge is 0.0535 e. The first-order chi connectivity index (χ1) is 23.6. The van der Waals surface area contributed by atoms with Crippen molar-refractivity contribution in [3.63, 3.8) is 0 Å². The van der Waals surface area contributed by atoms with Gasteiger partial charge in [-0.15, -0.1) is 0 Å². The Morgan fingerprint density at radius 3 is 1.38 bits per heavy atom. The normalized spacial score (nSPS) is 17.6. The van der Waals surface area contributed by atoms with E-state index in [-0.39, 0.29) is 0 Å². The standard InChI is InChI=1S/C44H46Br2N2/c1-3-5-9-31-11-7-13-37-39-27-33(45)19-25-41(39)47(43(31)37)35-21-15-29(16-22-35)30-17-23-36(24-18-30)48-42-26-20-34(46)28-40(42)38-14-8-12-32(44(38)48)10-6-4-2/h15-28,31-32H,3-14H2,1-2H3. The summed E-state index contributed by atoms with van der Waals surface area (Å²) in [7, 11) is 0. The quantitative estimate of drug-likeness (QED) is 0.139. The minimum absolute atomic E-state index is 0.630. The maximum atomic E-state index is 3.77. The number of hydrogen-bond acceptors (Lipinski definition) is 0. The predicted molar refractivity (Wildman–Crippen MR) is 211 cm³/mol. The lowest BCUT2D eigenvalue weighted by molar-refractivity contribution is 0.487. The maximum Gasteiger partial charge on any atom is 0.0535 e. The highest BCUT2D eigenvalue weighted by atomic mass is 79.9. The van der Waals surface area contributed by atoms with Crippen LogP contribution in [0.3, 0.4) is 0 Å². The van der Waals surface area contributed by atoms with Crippen molar-refractivity contribution in [2.24, 2.45) is 0 Å². The second kappa shape index (κ2) is 13.7. The van der Waals surface area contributed by atoms with Gasteiger partial charge >= 0.3 is 0 Å². The Labute approximate surface area is 302 Å². The van der Waals surface area contributed by atoms with Crippen LogP contribution in [0.25, 0.3) is 44.3 Å². The van der Waals surface area contributed by atoms with Crippen molar-refractivity contribution in [2.45, 2.75) is 103 Å². The molecule has 0 amide bonds. The second-order valence-electron chi connectivity index (χ2n) is 14.3. The van der Waals surface area contributed by atoms with Gasteiger partial charge in [-0.1, -0.05) is 95.7 Å². The Hall–Kier alpha value is -3.08. The molecule has 2 nitrogen and oxygen atoms in total. The third-order valence-electron chi connectivity index (χ3n) is 11.3. The highest BCUT2D eigenvalue weighted by Gasteiger charge is 2.29. The molecule has 2 aliphatic carbocycles. The molecule has 2 aliphatic rings. The Morgan fingerprint density at radius 1 is 0.562 bits per heavy atom. The number of aryl methyl sites for hydroxylation is 2. The zero-order chi connectivity index (χ0) is 32.8. The van der Waals surface area contributed by atoms with E-state index in [1.807, 2.05) is 0 Å². The van der Waals surface area contributed by atoms with Gasteiger partial charge < -0.3 is 9.13 Å². The van der Waals surface area contributed by atoms with Crippen LogP contribution in [0.15, 0.2) is 93.9 Å². The van der Waals surface area contributed by atoms with Crippen molar-refractivity contribution in [2.75, 3.05) is 0 Å². The summed E-state index contributed by atoms with van der Waals surface area (Å²) in [5.74, 6) is 1.26. The zero-order valence-corrected chi connectivity index (χ0v) is 31.5. The molecule has 2 atom stereocenters. The van der Waals surface area contributed by atoms with Gasteiger partial charge in [-0.05, 0) is 146 Å². The van der Waals surface area contributed by atoms with E-state index in [0.29, 0.717) is 11.8 Å². The molecule has 8 rings (SSSR count). The Morgan fingerprint density at radius 2 is 0.979 bits per heavy atom. The van der Waals surface area contributed by atoms with Crippen LogP contribution in [0.4, 0.5) is 0 Å². The predicted octanol–water partition coefficient (Wildman–Crippen LogP) is 14.0. The van der Waals surface area contributed by atoms with Gasteiger partial charge in [0.1, 0.15) is 0 Å². The van der Waals surface area contributed by atoms with Gasteiger partial charge in [0.05, 0.1) is 11.0 Å². The molecule has 2 aromatic heterocycles. The fourth-order valence-electron chi connectivity index (χ4n) is 9.03. The fourth-order valence-corrected chi connectivity index (χ4v) is 9.75. The lowest BCUT2D eigenvalue weighted by Crippen LogP contribution is -2.13. The van der Waals surface area contributed by atoms with Gasteiger partial charge in [-0.2, -0.15) is 0 Å². The Balaban J connectivity index is 1.16. The molecule has 48 heavy (non-hydrogen) atoms. The maximum absolute atomic E-state index is 3.77. The molecule has 4 aromatic carbocycles. The lowest BCUT2D eigenvalue weighted by Gasteiger charge is -2.26. The first kappa shape index (κ1) is 32.1. The summed E-state index contributed by atoms with van der Waals surface area (Å²) in [5.41, 5.74) is 14.0. The summed E-state index contributed by atoms with van der Waals surface area (Å²) in [4.78, 5) is 0. The average molecular weight is 763 g/mol. The Kier molecular flexibility index (Phi) is 9.16. The molecule has 0 spiro atoms. The van der Waals surface area contributed by atoms with Crippen LogP contribution in [0.2, 0.25) is 0 Å². The molecule has 0 saturated heterocycles. The van der Waals surface area contributed by atoms with E-state index in [1.54, 1.807) is 22.5 Å². The monoisotopic (exact) mass is 760 g/mol. The number of hydrogen-bond donors (Lipinski definition) is 0. The van der Waals surface area contributed by atoms with E-state index in [1.165, 1.54) is 130 Å². The molecule has 0 N–H and O–H groups in total. The molecule has 4 heteroatoms. The minimum Gasteiger partial charge on any atom is -0.313 e. The number of fused-ring (bicyclic) bond motifs is 6. The summed E-state index contributed by atoms with van der Waals surface area (Å²) in [6.07, 6.45) is 15.2. The summed E-state index contributed by atoms with van der Waals surface area (Å²) in [5, 5.41) is 2.84. The van der Waals surface area contributed by atoms with E-state index < -0.39 is 0 Å². The zero-order valence-electron chi connectivity index (χ0n) is 28.4. The number of rotatable bonds is 9. The van der Waals surface area contributed by atoms with Crippen molar-refractivity contribution < 1.29 is 0 Å². The van der Waals surface area contributed by atoms with Crippen molar-refractivity contribution in [1.82, 2.24) is 9.13 Å². The molecule has 0 radical (unpaired) electrons. The third-order valence-corrected chi connectivity index (χ3v) is 12.3. The molecular formula is C44H46Br2N2. The highest BCUT2D eigenvalue weighted by Crippen LogP contribution is 2.45. The summed E-state index contributed by atoms with van der Waals surface area (Å²) in [6.45, 7) is 4.64. The van der Waals surface area contributed by atoms with Crippen LogP contribution >= 0.6 is 31.9 Å². The average Bonchev–Trinajstić information content (AvgIpc) is 3.63. The molecule has 2 unspecified atom stereocenters. The van der Waals surface area contributed by atoms with E-state index >= 15 is 0 Å². The van der Waals surface area contributed by atoms with Crippen LogP contribution in [0.1, 0.15) is 112 Å².